The van der Waals surface area contributed by atoms with Crippen molar-refractivity contribution in [1.29, 1.82) is 0 Å². The number of likely N-dealkylation sites (tertiary alicyclic amines) is 1. The molecule has 4 heteroatoms. The molecule has 0 saturated carbocycles. The van der Waals surface area contributed by atoms with Crippen molar-refractivity contribution in [1.82, 2.24) is 4.90 Å². The molecule has 88 valence electrons. The highest BCUT2D eigenvalue weighted by atomic mass is 16.7. The second kappa shape index (κ2) is 5.25. The van der Waals surface area contributed by atoms with Gasteiger partial charge in [0, 0.05) is 12.5 Å². The Morgan fingerprint density at radius 2 is 2.33 bits per heavy atom. The molecule has 0 aromatic rings. The van der Waals surface area contributed by atoms with Gasteiger partial charge in [0.15, 0.2) is 6.29 Å². The van der Waals surface area contributed by atoms with Crippen LogP contribution in [0.3, 0.4) is 0 Å². The summed E-state index contributed by atoms with van der Waals surface area (Å²) in [4.78, 5) is 2.49. The lowest BCUT2D eigenvalue weighted by Gasteiger charge is -2.24. The van der Waals surface area contributed by atoms with Gasteiger partial charge in [-0.3, -0.25) is 0 Å². The van der Waals surface area contributed by atoms with Crippen LogP contribution in [-0.4, -0.2) is 54.7 Å². The van der Waals surface area contributed by atoms with Gasteiger partial charge in [-0.2, -0.15) is 0 Å². The van der Waals surface area contributed by atoms with E-state index >= 15 is 0 Å². The minimum Gasteiger partial charge on any atom is -0.394 e. The highest BCUT2D eigenvalue weighted by Crippen LogP contribution is 2.25. The highest BCUT2D eigenvalue weighted by Gasteiger charge is 2.31. The molecule has 1 N–H and O–H groups in total. The first-order valence-corrected chi connectivity index (χ1v) is 5.95. The molecule has 2 heterocycles. The van der Waals surface area contributed by atoms with Crippen LogP contribution in [-0.2, 0) is 9.47 Å². The predicted octanol–water partition coefficient (Wildman–Crippen LogP) is 0.595. The maximum Gasteiger partial charge on any atom is 0.159 e. The Hall–Kier alpha value is -0.160. The summed E-state index contributed by atoms with van der Waals surface area (Å²) in [7, 11) is 0. The predicted molar refractivity (Wildman–Crippen MR) is 56.6 cm³/mol. The van der Waals surface area contributed by atoms with Crippen LogP contribution in [0.2, 0.25) is 0 Å². The Kier molecular flexibility index (Phi) is 3.97. The number of rotatable bonds is 4. The molecule has 2 aliphatic heterocycles. The van der Waals surface area contributed by atoms with Crippen LogP contribution >= 0.6 is 0 Å². The Labute approximate surface area is 91.2 Å². The second-order valence-corrected chi connectivity index (χ2v) is 4.36. The van der Waals surface area contributed by atoms with Gasteiger partial charge in [-0.25, -0.2) is 0 Å². The van der Waals surface area contributed by atoms with Crippen LogP contribution in [0.4, 0.5) is 0 Å². The van der Waals surface area contributed by atoms with Gasteiger partial charge in [0.2, 0.25) is 0 Å². The third-order valence-corrected chi connectivity index (χ3v) is 3.39. The molecule has 15 heavy (non-hydrogen) atoms. The largest absolute Gasteiger partial charge is 0.394 e. The lowest BCUT2D eigenvalue weighted by molar-refractivity contribution is -0.0793. The van der Waals surface area contributed by atoms with E-state index in [0.717, 1.165) is 13.0 Å². The Morgan fingerprint density at radius 3 is 3.00 bits per heavy atom. The van der Waals surface area contributed by atoms with E-state index in [0.29, 0.717) is 12.6 Å². The molecule has 2 aliphatic rings. The molecule has 0 aromatic heterocycles. The highest BCUT2D eigenvalue weighted by molar-refractivity contribution is 4.80. The number of aliphatic hydroxyl groups is 1. The molecule has 3 atom stereocenters. The summed E-state index contributed by atoms with van der Waals surface area (Å²) >= 11 is 0. The number of aliphatic hydroxyl groups excluding tert-OH is 1. The average Bonchev–Trinajstić information content (AvgIpc) is 2.87. The topological polar surface area (TPSA) is 41.9 Å². The Balaban J connectivity index is 1.77. The fraction of sp³-hybridized carbons (Fsp3) is 1.00. The first-order chi connectivity index (χ1) is 7.33. The summed E-state index contributed by atoms with van der Waals surface area (Å²) in [5.41, 5.74) is 0. The van der Waals surface area contributed by atoms with Crippen LogP contribution in [0.25, 0.3) is 0 Å². The molecule has 0 bridgehead atoms. The summed E-state index contributed by atoms with van der Waals surface area (Å²) in [5.74, 6) is 0. The number of hydrogen-bond acceptors (Lipinski definition) is 4. The van der Waals surface area contributed by atoms with Gasteiger partial charge in [-0.05, 0) is 25.9 Å². The van der Waals surface area contributed by atoms with Gasteiger partial charge in [0.25, 0.3) is 0 Å². The van der Waals surface area contributed by atoms with Gasteiger partial charge in [-0.1, -0.05) is 6.92 Å². The van der Waals surface area contributed by atoms with Crippen LogP contribution in [0.5, 0.6) is 0 Å². The molecule has 2 saturated heterocycles. The monoisotopic (exact) mass is 215 g/mol. The van der Waals surface area contributed by atoms with Crippen LogP contribution in [0.1, 0.15) is 26.2 Å². The third kappa shape index (κ3) is 2.69. The summed E-state index contributed by atoms with van der Waals surface area (Å²) in [6, 6.07) is 0.609. The zero-order valence-electron chi connectivity index (χ0n) is 9.39. The quantitative estimate of drug-likeness (QED) is 0.745. The summed E-state index contributed by atoms with van der Waals surface area (Å²) < 4.78 is 11.1. The van der Waals surface area contributed by atoms with E-state index < -0.39 is 0 Å². The van der Waals surface area contributed by atoms with Crippen molar-refractivity contribution in [2.24, 2.45) is 0 Å². The lowest BCUT2D eigenvalue weighted by atomic mass is 10.1. The van der Waals surface area contributed by atoms with Crippen LogP contribution in [0.15, 0.2) is 0 Å². The third-order valence-electron chi connectivity index (χ3n) is 3.39. The van der Waals surface area contributed by atoms with Gasteiger partial charge in [-0.15, -0.1) is 0 Å². The van der Waals surface area contributed by atoms with E-state index in [1.165, 1.54) is 19.4 Å². The van der Waals surface area contributed by atoms with Crippen molar-refractivity contribution in [3.63, 3.8) is 0 Å². The van der Waals surface area contributed by atoms with E-state index in [1.807, 2.05) is 0 Å². The zero-order valence-corrected chi connectivity index (χ0v) is 9.39. The van der Waals surface area contributed by atoms with Crippen molar-refractivity contribution >= 4 is 0 Å². The molecule has 0 radical (unpaired) electrons. The van der Waals surface area contributed by atoms with Crippen molar-refractivity contribution in [2.45, 2.75) is 44.6 Å². The first-order valence-electron chi connectivity index (χ1n) is 5.95. The summed E-state index contributed by atoms with van der Waals surface area (Å²) in [5, 5.41) is 8.93. The molecule has 0 amide bonds. The molecule has 2 fully saturated rings. The van der Waals surface area contributed by atoms with E-state index in [9.17, 15) is 0 Å². The molecule has 0 spiro atoms. The molecule has 0 aliphatic carbocycles. The lowest BCUT2D eigenvalue weighted by Crippen LogP contribution is -2.32. The number of nitrogens with zero attached hydrogens (tertiary/aromatic N) is 1. The van der Waals surface area contributed by atoms with E-state index in [1.54, 1.807) is 0 Å². The van der Waals surface area contributed by atoms with Crippen molar-refractivity contribution in [2.75, 3.05) is 26.3 Å². The Morgan fingerprint density at radius 1 is 1.47 bits per heavy atom. The Bertz CT molecular complexity index is 200. The van der Waals surface area contributed by atoms with Crippen molar-refractivity contribution in [3.05, 3.63) is 0 Å². The van der Waals surface area contributed by atoms with E-state index in [4.69, 9.17) is 14.6 Å². The molecule has 0 aromatic carbocycles. The van der Waals surface area contributed by atoms with Crippen molar-refractivity contribution < 1.29 is 14.6 Å². The second-order valence-electron chi connectivity index (χ2n) is 4.36. The normalized spacial score (nSPS) is 37.6. The van der Waals surface area contributed by atoms with E-state index in [2.05, 4.69) is 11.8 Å². The molecular formula is C11H21NO3. The maximum atomic E-state index is 8.93. The number of ether oxygens (including phenoxy) is 2. The standard InChI is InChI=1S/C11H21NO3/c1-2-12-5-3-4-9(12)6-11-14-8-10(7-13)15-11/h9-11,13H,2-8H2,1H3. The van der Waals surface area contributed by atoms with Gasteiger partial charge < -0.3 is 19.5 Å². The minimum atomic E-state index is -0.105. The SMILES string of the molecule is CCN1CCCC1CC1OCC(CO)O1. The van der Waals surface area contributed by atoms with E-state index in [-0.39, 0.29) is 19.0 Å². The zero-order chi connectivity index (χ0) is 10.7. The maximum absolute atomic E-state index is 8.93. The van der Waals surface area contributed by atoms with Gasteiger partial charge in [0.05, 0.1) is 13.2 Å². The van der Waals surface area contributed by atoms with Gasteiger partial charge >= 0.3 is 0 Å². The van der Waals surface area contributed by atoms with Crippen molar-refractivity contribution in [3.8, 4) is 0 Å². The smallest absolute Gasteiger partial charge is 0.159 e. The minimum absolute atomic E-state index is 0.0681. The molecule has 2 rings (SSSR count). The fourth-order valence-corrected chi connectivity index (χ4v) is 2.53. The van der Waals surface area contributed by atoms with Crippen LogP contribution < -0.4 is 0 Å². The summed E-state index contributed by atoms with van der Waals surface area (Å²) in [6.45, 7) is 5.13. The molecule has 4 nitrogen and oxygen atoms in total. The van der Waals surface area contributed by atoms with Gasteiger partial charge in [0.1, 0.15) is 6.10 Å². The summed E-state index contributed by atoms with van der Waals surface area (Å²) in [6.07, 6.45) is 3.28. The van der Waals surface area contributed by atoms with Crippen LogP contribution in [0, 0.1) is 0 Å². The molecule has 3 unspecified atom stereocenters. The molecular weight excluding hydrogens is 194 g/mol. The first kappa shape index (κ1) is 11.3. The fourth-order valence-electron chi connectivity index (χ4n) is 2.53. The number of hydrogen-bond donors (Lipinski definition) is 1. The average molecular weight is 215 g/mol.